The number of hydrazone groups is 1. The van der Waals surface area contributed by atoms with E-state index in [4.69, 9.17) is 5.73 Å². The molecule has 0 unspecified atom stereocenters. The number of rotatable bonds is 3. The monoisotopic (exact) mass is 195 g/mol. The highest BCUT2D eigenvalue weighted by molar-refractivity contribution is 6.01. The van der Waals surface area contributed by atoms with Gasteiger partial charge < -0.3 is 5.73 Å². The molecule has 0 aliphatic rings. The lowest BCUT2D eigenvalue weighted by Crippen LogP contribution is -2.26. The van der Waals surface area contributed by atoms with Crippen LogP contribution in [0.1, 0.15) is 5.56 Å². The average molecular weight is 195 g/mol. The summed E-state index contributed by atoms with van der Waals surface area (Å²) >= 11 is 0. The Balaban J connectivity index is 2.82. The number of nitrogens with zero attached hydrogens (tertiary/aromatic N) is 1. The van der Waals surface area contributed by atoms with E-state index in [0.717, 1.165) is 0 Å². The number of benzene rings is 1. The van der Waals surface area contributed by atoms with E-state index in [0.29, 0.717) is 5.56 Å². The molecule has 74 valence electrons. The van der Waals surface area contributed by atoms with Crippen LogP contribution in [0.3, 0.4) is 0 Å². The van der Waals surface area contributed by atoms with Gasteiger partial charge in [-0.05, 0) is 0 Å². The summed E-state index contributed by atoms with van der Waals surface area (Å²) in [5.41, 5.74) is 7.53. The standard InChI is InChI=1S/C9H10FN3O/c10-6-8(12-13-9(11)14)7-4-2-1-3-5-7/h1-5H,6H2,(H3,11,13,14)/b12-8+. The average Bonchev–Trinajstić information content (AvgIpc) is 2.20. The number of nitrogens with one attached hydrogen (secondary N) is 1. The first-order valence-corrected chi connectivity index (χ1v) is 3.97. The SMILES string of the molecule is NC(=O)N/N=C(\CF)c1ccccc1. The molecule has 1 rings (SSSR count). The minimum absolute atomic E-state index is 0.143. The number of nitrogens with two attached hydrogens (primary N) is 1. The third kappa shape index (κ3) is 2.85. The molecule has 3 N–H and O–H groups in total. The van der Waals surface area contributed by atoms with Gasteiger partial charge in [-0.1, -0.05) is 30.3 Å². The van der Waals surface area contributed by atoms with E-state index in [2.05, 4.69) is 5.10 Å². The number of primary amides is 1. The molecule has 0 atom stereocenters. The number of carbonyl (C=O) groups is 1. The minimum Gasteiger partial charge on any atom is -0.350 e. The largest absolute Gasteiger partial charge is 0.350 e. The summed E-state index contributed by atoms with van der Waals surface area (Å²) in [5.74, 6) is 0. The molecule has 0 radical (unpaired) electrons. The molecule has 0 bridgehead atoms. The van der Waals surface area contributed by atoms with E-state index in [1.165, 1.54) is 0 Å². The highest BCUT2D eigenvalue weighted by atomic mass is 19.1. The quantitative estimate of drug-likeness (QED) is 0.549. The highest BCUT2D eigenvalue weighted by Gasteiger charge is 2.02. The van der Waals surface area contributed by atoms with Gasteiger partial charge in [-0.25, -0.2) is 14.6 Å². The van der Waals surface area contributed by atoms with Crippen LogP contribution in [0.25, 0.3) is 0 Å². The number of carbonyl (C=O) groups excluding carboxylic acids is 1. The molecule has 0 heterocycles. The second-order valence-corrected chi connectivity index (χ2v) is 2.53. The number of halogens is 1. The molecule has 0 saturated carbocycles. The Morgan fingerprint density at radius 2 is 2.07 bits per heavy atom. The first kappa shape index (κ1) is 10.2. The maximum atomic E-state index is 12.5. The van der Waals surface area contributed by atoms with Gasteiger partial charge in [-0.3, -0.25) is 0 Å². The van der Waals surface area contributed by atoms with Crippen molar-refractivity contribution in [3.63, 3.8) is 0 Å². The first-order chi connectivity index (χ1) is 6.74. The van der Waals surface area contributed by atoms with Crippen LogP contribution >= 0.6 is 0 Å². The molecule has 0 aliphatic carbocycles. The lowest BCUT2D eigenvalue weighted by molar-refractivity contribution is 0.249. The van der Waals surface area contributed by atoms with Gasteiger partial charge in [0.1, 0.15) is 6.67 Å². The van der Waals surface area contributed by atoms with Gasteiger partial charge in [-0.15, -0.1) is 0 Å². The van der Waals surface area contributed by atoms with Crippen molar-refractivity contribution in [3.05, 3.63) is 35.9 Å². The van der Waals surface area contributed by atoms with E-state index in [9.17, 15) is 9.18 Å². The van der Waals surface area contributed by atoms with Crippen molar-refractivity contribution in [2.45, 2.75) is 0 Å². The smallest absolute Gasteiger partial charge is 0.332 e. The summed E-state index contributed by atoms with van der Waals surface area (Å²) in [6.07, 6.45) is 0. The van der Waals surface area contributed by atoms with Gasteiger partial charge in [-0.2, -0.15) is 5.10 Å². The zero-order valence-electron chi connectivity index (χ0n) is 7.40. The summed E-state index contributed by atoms with van der Waals surface area (Å²) in [7, 11) is 0. The summed E-state index contributed by atoms with van der Waals surface area (Å²) in [4.78, 5) is 10.3. The van der Waals surface area contributed by atoms with Crippen LogP contribution in [0.2, 0.25) is 0 Å². The third-order valence-electron chi connectivity index (χ3n) is 1.53. The maximum absolute atomic E-state index is 12.5. The fourth-order valence-corrected chi connectivity index (χ4v) is 0.925. The lowest BCUT2D eigenvalue weighted by atomic mass is 10.1. The van der Waals surface area contributed by atoms with Crippen LogP contribution in [-0.2, 0) is 0 Å². The molecule has 1 aromatic carbocycles. The molecule has 0 saturated heterocycles. The molecular formula is C9H10FN3O. The number of alkyl halides is 1. The summed E-state index contributed by atoms with van der Waals surface area (Å²) < 4.78 is 12.5. The molecule has 2 amide bonds. The second kappa shape index (κ2) is 4.96. The molecular weight excluding hydrogens is 185 g/mol. The molecule has 4 nitrogen and oxygen atoms in total. The van der Waals surface area contributed by atoms with Crippen molar-refractivity contribution in [1.82, 2.24) is 5.43 Å². The van der Waals surface area contributed by atoms with Gasteiger partial charge in [0.2, 0.25) is 0 Å². The van der Waals surface area contributed by atoms with Crippen molar-refractivity contribution in [2.75, 3.05) is 6.67 Å². The van der Waals surface area contributed by atoms with Crippen molar-refractivity contribution >= 4 is 11.7 Å². The van der Waals surface area contributed by atoms with E-state index in [1.54, 1.807) is 30.3 Å². The normalized spacial score (nSPS) is 11.1. The van der Waals surface area contributed by atoms with Crippen LogP contribution in [0.15, 0.2) is 35.4 Å². The van der Waals surface area contributed by atoms with Crippen LogP contribution < -0.4 is 11.2 Å². The lowest BCUT2D eigenvalue weighted by Gasteiger charge is -2.01. The van der Waals surface area contributed by atoms with Crippen LogP contribution in [-0.4, -0.2) is 18.4 Å². The summed E-state index contributed by atoms with van der Waals surface area (Å²) in [6.45, 7) is -0.760. The Labute approximate surface area is 80.6 Å². The molecule has 0 aliphatic heterocycles. The van der Waals surface area contributed by atoms with Crippen molar-refractivity contribution < 1.29 is 9.18 Å². The fraction of sp³-hybridized carbons (Fsp3) is 0.111. The third-order valence-corrected chi connectivity index (χ3v) is 1.53. The summed E-state index contributed by atoms with van der Waals surface area (Å²) in [6, 6.07) is 7.89. The zero-order valence-corrected chi connectivity index (χ0v) is 7.40. The molecule has 0 aromatic heterocycles. The number of urea groups is 1. The van der Waals surface area contributed by atoms with Crippen molar-refractivity contribution in [1.29, 1.82) is 0 Å². The highest BCUT2D eigenvalue weighted by Crippen LogP contribution is 2.01. The van der Waals surface area contributed by atoms with Gasteiger partial charge in [0.25, 0.3) is 0 Å². The van der Waals surface area contributed by atoms with Gasteiger partial charge in [0.05, 0.1) is 5.71 Å². The number of amides is 2. The fourth-order valence-electron chi connectivity index (χ4n) is 0.925. The summed E-state index contributed by atoms with van der Waals surface area (Å²) in [5, 5.41) is 3.53. The molecule has 0 fully saturated rings. The Hall–Kier alpha value is -1.91. The van der Waals surface area contributed by atoms with Gasteiger partial charge >= 0.3 is 6.03 Å². The van der Waals surface area contributed by atoms with Gasteiger partial charge in [0, 0.05) is 5.56 Å². The predicted octanol–water partition coefficient (Wildman–Crippen LogP) is 1.03. The van der Waals surface area contributed by atoms with Crippen LogP contribution in [0.5, 0.6) is 0 Å². The Bertz CT molecular complexity index is 337. The Morgan fingerprint density at radius 1 is 1.43 bits per heavy atom. The van der Waals surface area contributed by atoms with Crippen LogP contribution in [0.4, 0.5) is 9.18 Å². The Morgan fingerprint density at radius 3 is 2.57 bits per heavy atom. The second-order valence-electron chi connectivity index (χ2n) is 2.53. The molecule has 0 spiro atoms. The van der Waals surface area contributed by atoms with Gasteiger partial charge in [0.15, 0.2) is 0 Å². The number of hydrogen-bond donors (Lipinski definition) is 2. The zero-order chi connectivity index (χ0) is 10.4. The van der Waals surface area contributed by atoms with E-state index in [1.807, 2.05) is 5.43 Å². The topological polar surface area (TPSA) is 67.5 Å². The van der Waals surface area contributed by atoms with Crippen LogP contribution in [0, 0.1) is 0 Å². The maximum Gasteiger partial charge on any atom is 0.332 e. The minimum atomic E-state index is -0.813. The van der Waals surface area contributed by atoms with E-state index in [-0.39, 0.29) is 5.71 Å². The van der Waals surface area contributed by atoms with E-state index < -0.39 is 12.7 Å². The van der Waals surface area contributed by atoms with Crippen molar-refractivity contribution in [2.24, 2.45) is 10.8 Å². The molecule has 1 aromatic rings. The molecule has 14 heavy (non-hydrogen) atoms. The number of hydrogen-bond acceptors (Lipinski definition) is 2. The van der Waals surface area contributed by atoms with E-state index >= 15 is 0 Å². The van der Waals surface area contributed by atoms with Crippen molar-refractivity contribution in [3.8, 4) is 0 Å². The molecule has 5 heteroatoms. The first-order valence-electron chi connectivity index (χ1n) is 3.97. The Kier molecular flexibility index (Phi) is 3.60. The predicted molar refractivity (Wildman–Crippen MR) is 51.7 cm³/mol.